The topological polar surface area (TPSA) is 29.5 Å². The number of hydrogen-bond donors (Lipinski definition) is 0. The second kappa shape index (κ2) is 9.81. The zero-order valence-corrected chi connectivity index (χ0v) is 11.3. The fraction of sp³-hybridized carbons (Fsp3) is 0.917. The van der Waals surface area contributed by atoms with E-state index in [-0.39, 0.29) is 6.09 Å². The summed E-state index contributed by atoms with van der Waals surface area (Å²) >= 11 is 0. The average molecular weight is 217 g/mol. The quantitative estimate of drug-likeness (QED) is 0.622. The third-order valence-electron chi connectivity index (χ3n) is 2.42. The van der Waals surface area contributed by atoms with Crippen molar-refractivity contribution in [2.45, 2.75) is 41.5 Å². The van der Waals surface area contributed by atoms with Gasteiger partial charge >= 0.3 is 6.09 Å². The van der Waals surface area contributed by atoms with E-state index in [9.17, 15) is 4.79 Å². The number of ether oxygens (including phenoxy) is 1. The van der Waals surface area contributed by atoms with E-state index in [1.165, 1.54) is 7.11 Å². The maximum Gasteiger partial charge on any atom is 0.409 e. The van der Waals surface area contributed by atoms with Crippen LogP contribution >= 0.6 is 0 Å². The largest absolute Gasteiger partial charge is 0.453 e. The summed E-state index contributed by atoms with van der Waals surface area (Å²) < 4.78 is 4.62. The summed E-state index contributed by atoms with van der Waals surface area (Å²) in [4.78, 5) is 12.8. The van der Waals surface area contributed by atoms with Crippen molar-refractivity contribution in [3.63, 3.8) is 0 Å². The third kappa shape index (κ3) is 5.65. The van der Waals surface area contributed by atoms with Crippen LogP contribution in [0.1, 0.15) is 41.5 Å². The highest BCUT2D eigenvalue weighted by Gasteiger charge is 2.29. The molecule has 0 aromatic heterocycles. The Morgan fingerprint density at radius 2 is 1.40 bits per heavy atom. The molecule has 1 fully saturated rings. The molecule has 1 heterocycles. The smallest absolute Gasteiger partial charge is 0.409 e. The number of amides is 1. The van der Waals surface area contributed by atoms with Gasteiger partial charge in [-0.15, -0.1) is 0 Å². The summed E-state index contributed by atoms with van der Waals surface area (Å²) in [6, 6.07) is 0. The third-order valence-corrected chi connectivity index (χ3v) is 2.42. The average Bonchev–Trinajstić information content (AvgIpc) is 2.64. The molecule has 0 aromatic carbocycles. The molecule has 15 heavy (non-hydrogen) atoms. The normalized spacial score (nSPS) is 23.3. The van der Waals surface area contributed by atoms with E-state index >= 15 is 0 Å². The highest BCUT2D eigenvalue weighted by Crippen LogP contribution is 2.22. The van der Waals surface area contributed by atoms with Gasteiger partial charge in [-0.3, -0.25) is 0 Å². The molecule has 0 bridgehead atoms. The lowest BCUT2D eigenvalue weighted by Gasteiger charge is -2.12. The molecule has 1 saturated heterocycles. The molecule has 0 spiro atoms. The highest BCUT2D eigenvalue weighted by atomic mass is 16.5. The Morgan fingerprint density at radius 1 is 1.07 bits per heavy atom. The van der Waals surface area contributed by atoms with E-state index in [1.807, 2.05) is 27.7 Å². The number of nitrogens with zero attached hydrogens (tertiary/aromatic N) is 1. The van der Waals surface area contributed by atoms with Gasteiger partial charge in [0.1, 0.15) is 0 Å². The van der Waals surface area contributed by atoms with Gasteiger partial charge in [-0.1, -0.05) is 41.5 Å². The van der Waals surface area contributed by atoms with Crippen LogP contribution in [0.2, 0.25) is 0 Å². The Balaban J connectivity index is 0. The van der Waals surface area contributed by atoms with Crippen LogP contribution in [0.4, 0.5) is 4.79 Å². The molecule has 1 aliphatic rings. The van der Waals surface area contributed by atoms with Gasteiger partial charge in [-0.05, 0) is 11.8 Å². The lowest BCUT2D eigenvalue weighted by Crippen LogP contribution is -2.28. The molecule has 2 atom stereocenters. The lowest BCUT2D eigenvalue weighted by atomic mass is 10.0. The van der Waals surface area contributed by atoms with Crippen LogP contribution in [0.5, 0.6) is 0 Å². The first kappa shape index (κ1) is 16.7. The van der Waals surface area contributed by atoms with E-state index in [1.54, 1.807) is 4.90 Å². The first-order chi connectivity index (χ1) is 7.15. The molecule has 92 valence electrons. The first-order valence-electron chi connectivity index (χ1n) is 5.98. The summed E-state index contributed by atoms with van der Waals surface area (Å²) in [5, 5.41) is 0. The van der Waals surface area contributed by atoms with Crippen LogP contribution in [-0.4, -0.2) is 31.2 Å². The Kier molecular flexibility index (Phi) is 10.9. The van der Waals surface area contributed by atoms with E-state index < -0.39 is 0 Å². The van der Waals surface area contributed by atoms with Crippen molar-refractivity contribution < 1.29 is 9.53 Å². The van der Waals surface area contributed by atoms with Crippen molar-refractivity contribution in [2.24, 2.45) is 11.8 Å². The number of hydrogen-bond acceptors (Lipinski definition) is 2. The number of carbonyl (C=O) groups excluding carboxylic acids is 1. The second-order valence-electron chi connectivity index (χ2n) is 3.33. The molecule has 3 nitrogen and oxygen atoms in total. The van der Waals surface area contributed by atoms with Crippen LogP contribution in [0.25, 0.3) is 0 Å². The van der Waals surface area contributed by atoms with Gasteiger partial charge in [0.2, 0.25) is 0 Å². The predicted octanol–water partition coefficient (Wildman–Crippen LogP) is 3.39. The van der Waals surface area contributed by atoms with Crippen molar-refractivity contribution in [1.82, 2.24) is 4.90 Å². The van der Waals surface area contributed by atoms with E-state index in [4.69, 9.17) is 0 Å². The summed E-state index contributed by atoms with van der Waals surface area (Å²) in [6.45, 7) is 14.0. The molecule has 1 amide bonds. The maximum absolute atomic E-state index is 11.0. The number of rotatable bonds is 0. The molecular formula is C12H27NO2. The summed E-state index contributed by atoms with van der Waals surface area (Å²) in [6.07, 6.45) is -0.193. The minimum Gasteiger partial charge on any atom is -0.453 e. The summed E-state index contributed by atoms with van der Waals surface area (Å²) in [5.41, 5.74) is 0. The zero-order chi connectivity index (χ0) is 12.4. The van der Waals surface area contributed by atoms with Gasteiger partial charge in [0, 0.05) is 13.1 Å². The molecule has 1 rings (SSSR count). The zero-order valence-electron chi connectivity index (χ0n) is 11.3. The maximum atomic E-state index is 11.0. The molecular weight excluding hydrogens is 190 g/mol. The van der Waals surface area contributed by atoms with Gasteiger partial charge in [0.05, 0.1) is 7.11 Å². The highest BCUT2D eigenvalue weighted by molar-refractivity contribution is 5.67. The molecule has 0 aliphatic carbocycles. The fourth-order valence-corrected chi connectivity index (χ4v) is 1.41. The van der Waals surface area contributed by atoms with Gasteiger partial charge in [-0.2, -0.15) is 0 Å². The van der Waals surface area contributed by atoms with E-state index in [0.29, 0.717) is 11.8 Å². The standard InChI is InChI=1S/C8H15NO2.2C2H6/c1-6-4-9(5-7(6)2)8(10)11-3;2*1-2/h6-7H,4-5H2,1-3H3;2*1-2H3. The minimum absolute atomic E-state index is 0.193. The van der Waals surface area contributed by atoms with Crippen LogP contribution < -0.4 is 0 Å². The monoisotopic (exact) mass is 217 g/mol. The van der Waals surface area contributed by atoms with E-state index in [2.05, 4.69) is 18.6 Å². The van der Waals surface area contributed by atoms with Crippen molar-refractivity contribution in [2.75, 3.05) is 20.2 Å². The molecule has 0 radical (unpaired) electrons. The van der Waals surface area contributed by atoms with Crippen molar-refractivity contribution in [1.29, 1.82) is 0 Å². The Labute approximate surface area is 94.8 Å². The molecule has 1 aliphatic heterocycles. The second-order valence-corrected chi connectivity index (χ2v) is 3.33. The van der Waals surface area contributed by atoms with Crippen molar-refractivity contribution in [3.05, 3.63) is 0 Å². The molecule has 3 heteroatoms. The first-order valence-corrected chi connectivity index (χ1v) is 5.98. The number of methoxy groups -OCH3 is 1. The van der Waals surface area contributed by atoms with Crippen LogP contribution in [-0.2, 0) is 4.74 Å². The number of carbonyl (C=O) groups is 1. The molecule has 0 saturated carbocycles. The Hall–Kier alpha value is -0.730. The molecule has 0 N–H and O–H groups in total. The van der Waals surface area contributed by atoms with Crippen LogP contribution in [0, 0.1) is 11.8 Å². The molecule has 0 aromatic rings. The summed E-state index contributed by atoms with van der Waals surface area (Å²) in [5.74, 6) is 1.21. The predicted molar refractivity (Wildman–Crippen MR) is 65.0 cm³/mol. The van der Waals surface area contributed by atoms with Gasteiger partial charge in [0.15, 0.2) is 0 Å². The van der Waals surface area contributed by atoms with Gasteiger partial charge in [-0.25, -0.2) is 4.79 Å². The minimum atomic E-state index is -0.193. The van der Waals surface area contributed by atoms with Crippen molar-refractivity contribution in [3.8, 4) is 0 Å². The van der Waals surface area contributed by atoms with Crippen LogP contribution in [0.15, 0.2) is 0 Å². The van der Waals surface area contributed by atoms with E-state index in [0.717, 1.165) is 13.1 Å². The van der Waals surface area contributed by atoms with Crippen LogP contribution in [0.3, 0.4) is 0 Å². The van der Waals surface area contributed by atoms with Gasteiger partial charge < -0.3 is 9.64 Å². The Bertz CT molecular complexity index is 150. The summed E-state index contributed by atoms with van der Waals surface area (Å²) in [7, 11) is 1.43. The Morgan fingerprint density at radius 3 is 1.67 bits per heavy atom. The van der Waals surface area contributed by atoms with Gasteiger partial charge in [0.25, 0.3) is 0 Å². The number of likely N-dealkylation sites (tertiary alicyclic amines) is 1. The molecule has 2 unspecified atom stereocenters. The van der Waals surface area contributed by atoms with Crippen molar-refractivity contribution >= 4 is 6.09 Å². The fourth-order valence-electron chi connectivity index (χ4n) is 1.41. The lowest BCUT2D eigenvalue weighted by molar-refractivity contribution is 0.131. The SMILES string of the molecule is CC.CC.COC(=O)N1CC(C)C(C)C1.